The topological polar surface area (TPSA) is 101 Å². The number of carboxylic acids is 2. The van der Waals surface area contributed by atoms with Gasteiger partial charge in [0, 0.05) is 0 Å². The molecule has 11 heavy (non-hydrogen) atoms. The van der Waals surface area contributed by atoms with E-state index in [2.05, 4.69) is 15.9 Å². The lowest BCUT2D eigenvalue weighted by Crippen LogP contribution is -2.34. The monoisotopic (exact) mass is 225 g/mol. The molecule has 0 rings (SSSR count). The van der Waals surface area contributed by atoms with Gasteiger partial charge in [0.2, 0.25) is 0 Å². The van der Waals surface area contributed by atoms with Crippen LogP contribution in [0, 0.1) is 0 Å². The minimum Gasteiger partial charge on any atom is -0.480 e. The van der Waals surface area contributed by atoms with Gasteiger partial charge in [-0.15, -0.1) is 0 Å². The van der Waals surface area contributed by atoms with Crippen molar-refractivity contribution in [2.45, 2.75) is 17.3 Å². The summed E-state index contributed by atoms with van der Waals surface area (Å²) >= 11 is 2.77. The van der Waals surface area contributed by atoms with E-state index in [1.54, 1.807) is 0 Å². The summed E-state index contributed by atoms with van der Waals surface area (Å²) < 4.78 is 0. The van der Waals surface area contributed by atoms with E-state index in [1.807, 2.05) is 0 Å². The van der Waals surface area contributed by atoms with Crippen molar-refractivity contribution in [3.63, 3.8) is 0 Å². The number of carboxylic acid groups (broad SMARTS) is 2. The zero-order chi connectivity index (χ0) is 9.02. The molecule has 5 nitrogen and oxygen atoms in total. The Bertz CT molecular complexity index is 154. The third-order valence-electron chi connectivity index (χ3n) is 1.05. The third-order valence-corrected chi connectivity index (χ3v) is 1.81. The van der Waals surface area contributed by atoms with Crippen molar-refractivity contribution in [3.05, 3.63) is 0 Å². The first-order valence-corrected chi connectivity index (χ1v) is 3.72. The van der Waals surface area contributed by atoms with E-state index in [1.165, 1.54) is 0 Å². The summed E-state index contributed by atoms with van der Waals surface area (Å²) in [5.41, 5.74) is 5.06. The van der Waals surface area contributed by atoms with Crippen LogP contribution in [0.15, 0.2) is 0 Å². The van der Waals surface area contributed by atoms with Crippen LogP contribution in [0.3, 0.4) is 0 Å². The Morgan fingerprint density at radius 1 is 1.36 bits per heavy atom. The van der Waals surface area contributed by atoms with Gasteiger partial charge in [0.1, 0.15) is 10.9 Å². The summed E-state index contributed by atoms with van der Waals surface area (Å²) in [6.45, 7) is 0. The fourth-order valence-electron chi connectivity index (χ4n) is 0.425. The minimum atomic E-state index is -1.20. The Morgan fingerprint density at radius 3 is 2.09 bits per heavy atom. The molecule has 4 N–H and O–H groups in total. The second-order valence-electron chi connectivity index (χ2n) is 1.99. The molecule has 0 aliphatic rings. The van der Waals surface area contributed by atoms with Crippen LogP contribution in [0.2, 0.25) is 0 Å². The summed E-state index contributed by atoms with van der Waals surface area (Å²) in [6, 6.07) is -1.13. The smallest absolute Gasteiger partial charge is 0.320 e. The molecule has 0 aliphatic carbocycles. The summed E-state index contributed by atoms with van der Waals surface area (Å²) in [5.74, 6) is -2.31. The zero-order valence-electron chi connectivity index (χ0n) is 5.53. The Kier molecular flexibility index (Phi) is 4.06. The van der Waals surface area contributed by atoms with E-state index in [9.17, 15) is 9.59 Å². The van der Waals surface area contributed by atoms with Gasteiger partial charge >= 0.3 is 11.9 Å². The van der Waals surface area contributed by atoms with Crippen molar-refractivity contribution in [2.75, 3.05) is 0 Å². The van der Waals surface area contributed by atoms with Gasteiger partial charge < -0.3 is 15.9 Å². The molecule has 0 spiro atoms. The molecule has 0 aromatic carbocycles. The Hall–Kier alpha value is -0.620. The summed E-state index contributed by atoms with van der Waals surface area (Å²) in [4.78, 5) is 19.4. The van der Waals surface area contributed by atoms with Crippen LogP contribution in [0.25, 0.3) is 0 Å². The van der Waals surface area contributed by atoms with E-state index in [4.69, 9.17) is 15.9 Å². The van der Waals surface area contributed by atoms with Crippen molar-refractivity contribution in [1.29, 1.82) is 0 Å². The largest absolute Gasteiger partial charge is 0.480 e. The lowest BCUT2D eigenvalue weighted by Gasteiger charge is -2.07. The summed E-state index contributed by atoms with van der Waals surface area (Å²) in [5, 5.41) is 16.6. The highest BCUT2D eigenvalue weighted by atomic mass is 79.9. The van der Waals surface area contributed by atoms with Crippen LogP contribution < -0.4 is 5.73 Å². The van der Waals surface area contributed by atoms with E-state index in [0.717, 1.165) is 0 Å². The number of nitrogens with two attached hydrogens (primary N) is 1. The lowest BCUT2D eigenvalue weighted by molar-refractivity contribution is -0.139. The van der Waals surface area contributed by atoms with Gasteiger partial charge in [-0.3, -0.25) is 9.59 Å². The predicted molar refractivity (Wildman–Crippen MR) is 40.6 cm³/mol. The molecular weight excluding hydrogens is 218 g/mol. The molecule has 0 heterocycles. The fourth-order valence-corrected chi connectivity index (χ4v) is 0.827. The second-order valence-corrected chi connectivity index (χ2v) is 3.09. The molecule has 0 bridgehead atoms. The fraction of sp³-hybridized carbons (Fsp3) is 0.600. The van der Waals surface area contributed by atoms with Crippen LogP contribution >= 0.6 is 15.9 Å². The van der Waals surface area contributed by atoms with Gasteiger partial charge in [0.25, 0.3) is 0 Å². The highest BCUT2D eigenvalue weighted by molar-refractivity contribution is 9.10. The number of alkyl halides is 1. The van der Waals surface area contributed by atoms with Gasteiger partial charge in [-0.2, -0.15) is 0 Å². The molecule has 1 unspecified atom stereocenters. The molecule has 0 fully saturated rings. The highest BCUT2D eigenvalue weighted by Crippen LogP contribution is 2.07. The number of carbonyl (C=O) groups is 2. The first-order chi connectivity index (χ1) is 4.95. The second kappa shape index (κ2) is 4.30. The normalized spacial score (nSPS) is 15.5. The third kappa shape index (κ3) is 3.94. The SMILES string of the molecule is N[C@@H](CC(Br)C(=O)O)C(=O)O. The zero-order valence-corrected chi connectivity index (χ0v) is 7.11. The van der Waals surface area contributed by atoms with Crippen LogP contribution in [0.5, 0.6) is 0 Å². The maximum absolute atomic E-state index is 10.2. The van der Waals surface area contributed by atoms with Crippen LogP contribution in [0.1, 0.15) is 6.42 Å². The number of hydrogen-bond acceptors (Lipinski definition) is 3. The molecule has 0 saturated heterocycles. The van der Waals surface area contributed by atoms with Gasteiger partial charge in [0.05, 0.1) is 0 Å². The van der Waals surface area contributed by atoms with Crippen molar-refractivity contribution in [1.82, 2.24) is 0 Å². The van der Waals surface area contributed by atoms with Crippen LogP contribution in [0.4, 0.5) is 0 Å². The van der Waals surface area contributed by atoms with Gasteiger partial charge in [-0.25, -0.2) is 0 Å². The van der Waals surface area contributed by atoms with E-state index >= 15 is 0 Å². The Labute approximate surface area is 71.3 Å². The predicted octanol–water partition coefficient (Wildman–Crippen LogP) is -0.364. The van der Waals surface area contributed by atoms with E-state index in [0.29, 0.717) is 0 Å². The molecule has 0 aromatic rings. The maximum Gasteiger partial charge on any atom is 0.320 e. The lowest BCUT2D eigenvalue weighted by atomic mass is 10.2. The van der Waals surface area contributed by atoms with Gasteiger partial charge in [-0.05, 0) is 6.42 Å². The average molecular weight is 226 g/mol. The van der Waals surface area contributed by atoms with Gasteiger partial charge in [-0.1, -0.05) is 15.9 Å². The molecule has 0 saturated carbocycles. The molecular formula is C5H8BrNO4. The van der Waals surface area contributed by atoms with Crippen molar-refractivity contribution >= 4 is 27.9 Å². The number of aliphatic carboxylic acids is 2. The molecule has 0 aliphatic heterocycles. The molecule has 0 radical (unpaired) electrons. The van der Waals surface area contributed by atoms with Crippen LogP contribution in [-0.2, 0) is 9.59 Å². The number of rotatable bonds is 4. The minimum absolute atomic E-state index is 0.120. The van der Waals surface area contributed by atoms with Crippen LogP contribution in [-0.4, -0.2) is 33.0 Å². The first kappa shape index (κ1) is 10.4. The summed E-state index contributed by atoms with van der Waals surface area (Å²) in [6.07, 6.45) is -0.120. The Morgan fingerprint density at radius 2 is 1.82 bits per heavy atom. The molecule has 64 valence electrons. The van der Waals surface area contributed by atoms with Gasteiger partial charge in [0.15, 0.2) is 0 Å². The molecule has 6 heteroatoms. The first-order valence-electron chi connectivity index (χ1n) is 2.80. The highest BCUT2D eigenvalue weighted by Gasteiger charge is 2.21. The average Bonchev–Trinajstić information content (AvgIpc) is 1.87. The van der Waals surface area contributed by atoms with E-state index in [-0.39, 0.29) is 6.42 Å². The maximum atomic E-state index is 10.2. The van der Waals surface area contributed by atoms with E-state index < -0.39 is 22.8 Å². The molecule has 0 aromatic heterocycles. The number of halogens is 1. The molecule has 0 amide bonds. The Balaban J connectivity index is 3.84. The summed E-state index contributed by atoms with van der Waals surface area (Å²) in [7, 11) is 0. The van der Waals surface area contributed by atoms with Crippen molar-refractivity contribution in [3.8, 4) is 0 Å². The quantitative estimate of drug-likeness (QED) is 0.568. The standard InChI is InChI=1S/C5H8BrNO4/c6-2(4(8)9)1-3(7)5(10)11/h2-3H,1,7H2,(H,8,9)(H,10,11)/t2?,3-/m0/s1. The number of hydrogen-bond donors (Lipinski definition) is 3. The molecule has 2 atom stereocenters. The van der Waals surface area contributed by atoms with Crippen molar-refractivity contribution < 1.29 is 19.8 Å². The van der Waals surface area contributed by atoms with Crippen molar-refractivity contribution in [2.24, 2.45) is 5.73 Å².